The molecule has 0 amide bonds. The molecule has 21 heavy (non-hydrogen) atoms. The second-order valence-corrected chi connectivity index (χ2v) is 4.51. The Kier molecular flexibility index (Phi) is 4.18. The predicted octanol–water partition coefficient (Wildman–Crippen LogP) is 4.40. The largest absolute Gasteiger partial charge is 0.454 e. The Balaban J connectivity index is 2.38. The number of rotatable bonds is 3. The van der Waals surface area contributed by atoms with Gasteiger partial charge < -0.3 is 10.5 Å². The minimum absolute atomic E-state index is 0.0514. The maximum atomic E-state index is 13.9. The molecule has 0 aliphatic rings. The maximum Gasteiger partial charge on any atom is 0.416 e. The number of hydrogen-bond acceptors (Lipinski definition) is 2. The van der Waals surface area contributed by atoms with Gasteiger partial charge in [-0.1, -0.05) is 12.1 Å². The van der Waals surface area contributed by atoms with Gasteiger partial charge in [0.05, 0.1) is 5.56 Å². The first-order chi connectivity index (χ1) is 9.82. The number of alkyl halides is 3. The number of hydrogen-bond donors (Lipinski definition) is 1. The van der Waals surface area contributed by atoms with Crippen molar-refractivity contribution in [2.75, 3.05) is 0 Å². The molecule has 2 aromatic rings. The van der Waals surface area contributed by atoms with Crippen molar-refractivity contribution in [3.8, 4) is 11.5 Å². The van der Waals surface area contributed by atoms with Gasteiger partial charge in [0.15, 0.2) is 11.6 Å². The molecule has 0 bridgehead atoms. The SMILES string of the molecule is Cc1cccc(Oc2ccc(C(F)(F)F)cc2CN)c1F. The minimum atomic E-state index is -4.46. The van der Waals surface area contributed by atoms with Crippen LogP contribution in [0.25, 0.3) is 0 Å². The molecule has 2 N–H and O–H groups in total. The maximum absolute atomic E-state index is 13.9. The number of ether oxygens (including phenoxy) is 1. The summed E-state index contributed by atoms with van der Waals surface area (Å²) in [6.07, 6.45) is -4.46. The molecule has 0 spiro atoms. The molecule has 0 unspecified atom stereocenters. The van der Waals surface area contributed by atoms with Crippen molar-refractivity contribution in [1.29, 1.82) is 0 Å². The lowest BCUT2D eigenvalue weighted by molar-refractivity contribution is -0.137. The Labute approximate surface area is 119 Å². The molecule has 0 aromatic heterocycles. The van der Waals surface area contributed by atoms with Gasteiger partial charge in [-0.15, -0.1) is 0 Å². The highest BCUT2D eigenvalue weighted by Crippen LogP contribution is 2.34. The summed E-state index contributed by atoms with van der Waals surface area (Å²) >= 11 is 0. The molecular formula is C15H13F4NO. The smallest absolute Gasteiger partial charge is 0.416 e. The summed E-state index contributed by atoms with van der Waals surface area (Å²) in [5.74, 6) is -0.500. The fraction of sp³-hybridized carbons (Fsp3) is 0.200. The van der Waals surface area contributed by atoms with Crippen LogP contribution in [0.5, 0.6) is 11.5 Å². The molecule has 2 rings (SSSR count). The van der Waals surface area contributed by atoms with E-state index in [0.717, 1.165) is 18.2 Å². The molecule has 0 aliphatic heterocycles. The first-order valence-corrected chi connectivity index (χ1v) is 6.16. The zero-order valence-corrected chi connectivity index (χ0v) is 11.2. The molecular weight excluding hydrogens is 286 g/mol. The molecule has 0 radical (unpaired) electrons. The van der Waals surface area contributed by atoms with E-state index < -0.39 is 17.6 Å². The average molecular weight is 299 g/mol. The summed E-state index contributed by atoms with van der Waals surface area (Å²) in [4.78, 5) is 0. The first kappa shape index (κ1) is 15.3. The molecule has 0 heterocycles. The number of halogens is 4. The summed E-state index contributed by atoms with van der Waals surface area (Å²) in [7, 11) is 0. The third-order valence-electron chi connectivity index (χ3n) is 2.98. The molecule has 0 saturated heterocycles. The summed E-state index contributed by atoms with van der Waals surface area (Å²) in [5, 5.41) is 0. The van der Waals surface area contributed by atoms with E-state index >= 15 is 0 Å². The van der Waals surface area contributed by atoms with Crippen LogP contribution in [0, 0.1) is 12.7 Å². The molecule has 0 fully saturated rings. The van der Waals surface area contributed by atoms with Crippen LogP contribution >= 0.6 is 0 Å². The second-order valence-electron chi connectivity index (χ2n) is 4.51. The van der Waals surface area contributed by atoms with Crippen LogP contribution in [0.4, 0.5) is 17.6 Å². The van der Waals surface area contributed by atoms with Gasteiger partial charge in [-0.2, -0.15) is 13.2 Å². The van der Waals surface area contributed by atoms with Gasteiger partial charge in [0.1, 0.15) is 5.75 Å². The standard InChI is InChI=1S/C15H13F4NO/c1-9-3-2-4-13(14(9)16)21-12-6-5-11(15(17,18)19)7-10(12)8-20/h2-7H,8,20H2,1H3. The molecule has 112 valence electrons. The molecule has 2 nitrogen and oxygen atoms in total. The Morgan fingerprint density at radius 1 is 1.10 bits per heavy atom. The van der Waals surface area contributed by atoms with Crippen molar-refractivity contribution in [3.05, 3.63) is 58.9 Å². The van der Waals surface area contributed by atoms with Gasteiger partial charge in [-0.05, 0) is 36.8 Å². The van der Waals surface area contributed by atoms with Gasteiger partial charge in [-0.25, -0.2) is 4.39 Å². The van der Waals surface area contributed by atoms with E-state index in [1.54, 1.807) is 19.1 Å². The Morgan fingerprint density at radius 2 is 1.81 bits per heavy atom. The van der Waals surface area contributed by atoms with Crippen LogP contribution in [-0.2, 0) is 12.7 Å². The fourth-order valence-corrected chi connectivity index (χ4v) is 1.83. The number of nitrogens with two attached hydrogens (primary N) is 1. The molecule has 6 heteroatoms. The summed E-state index contributed by atoms with van der Waals surface area (Å²) in [5.41, 5.74) is 5.17. The van der Waals surface area contributed by atoms with Crippen molar-refractivity contribution >= 4 is 0 Å². The van der Waals surface area contributed by atoms with Crippen LogP contribution in [0.1, 0.15) is 16.7 Å². The lowest BCUT2D eigenvalue weighted by Gasteiger charge is -2.14. The molecule has 0 atom stereocenters. The third-order valence-corrected chi connectivity index (χ3v) is 2.98. The van der Waals surface area contributed by atoms with Gasteiger partial charge >= 0.3 is 6.18 Å². The third kappa shape index (κ3) is 3.33. The predicted molar refractivity (Wildman–Crippen MR) is 70.5 cm³/mol. The van der Waals surface area contributed by atoms with E-state index in [2.05, 4.69) is 0 Å². The molecule has 2 aromatic carbocycles. The van der Waals surface area contributed by atoms with E-state index in [0.29, 0.717) is 5.56 Å². The highest BCUT2D eigenvalue weighted by molar-refractivity contribution is 5.42. The number of benzene rings is 2. The quantitative estimate of drug-likeness (QED) is 0.852. The van der Waals surface area contributed by atoms with Gasteiger partial charge in [0.25, 0.3) is 0 Å². The zero-order chi connectivity index (χ0) is 15.6. The van der Waals surface area contributed by atoms with E-state index in [1.165, 1.54) is 6.07 Å². The van der Waals surface area contributed by atoms with Gasteiger partial charge in [0.2, 0.25) is 0 Å². The average Bonchev–Trinajstić information content (AvgIpc) is 2.43. The van der Waals surface area contributed by atoms with E-state index in [1.807, 2.05) is 0 Å². The van der Waals surface area contributed by atoms with Crippen molar-refractivity contribution in [2.45, 2.75) is 19.6 Å². The summed E-state index contributed by atoms with van der Waals surface area (Å²) in [6, 6.07) is 7.50. The monoisotopic (exact) mass is 299 g/mol. The minimum Gasteiger partial charge on any atom is -0.454 e. The number of aryl methyl sites for hydroxylation is 1. The van der Waals surface area contributed by atoms with Gasteiger partial charge in [0, 0.05) is 12.1 Å². The fourth-order valence-electron chi connectivity index (χ4n) is 1.83. The lowest BCUT2D eigenvalue weighted by Crippen LogP contribution is -2.08. The normalized spacial score (nSPS) is 11.5. The van der Waals surface area contributed by atoms with Crippen molar-refractivity contribution in [2.24, 2.45) is 5.73 Å². The highest BCUT2D eigenvalue weighted by Gasteiger charge is 2.31. The Morgan fingerprint density at radius 3 is 2.43 bits per heavy atom. The summed E-state index contributed by atoms with van der Waals surface area (Å²) < 4.78 is 57.1. The van der Waals surface area contributed by atoms with Crippen molar-refractivity contribution in [3.63, 3.8) is 0 Å². The molecule has 0 aliphatic carbocycles. The van der Waals surface area contributed by atoms with E-state index in [4.69, 9.17) is 10.5 Å². The van der Waals surface area contributed by atoms with Crippen LogP contribution in [-0.4, -0.2) is 0 Å². The molecule has 0 saturated carbocycles. The zero-order valence-electron chi connectivity index (χ0n) is 11.2. The van der Waals surface area contributed by atoms with Crippen molar-refractivity contribution in [1.82, 2.24) is 0 Å². The Hall–Kier alpha value is -2.08. The van der Waals surface area contributed by atoms with Crippen molar-refractivity contribution < 1.29 is 22.3 Å². The lowest BCUT2D eigenvalue weighted by atomic mass is 10.1. The first-order valence-electron chi connectivity index (χ1n) is 6.16. The Bertz CT molecular complexity index is 653. The topological polar surface area (TPSA) is 35.2 Å². The van der Waals surface area contributed by atoms with E-state index in [-0.39, 0.29) is 23.6 Å². The van der Waals surface area contributed by atoms with Crippen LogP contribution in [0.2, 0.25) is 0 Å². The second kappa shape index (κ2) is 5.73. The van der Waals surface area contributed by atoms with Crippen LogP contribution in [0.15, 0.2) is 36.4 Å². The van der Waals surface area contributed by atoms with Crippen LogP contribution in [0.3, 0.4) is 0 Å². The van der Waals surface area contributed by atoms with Crippen LogP contribution < -0.4 is 10.5 Å². The summed E-state index contributed by atoms with van der Waals surface area (Å²) in [6.45, 7) is 1.42. The van der Waals surface area contributed by atoms with Gasteiger partial charge in [-0.3, -0.25) is 0 Å². The highest BCUT2D eigenvalue weighted by atomic mass is 19.4. The van der Waals surface area contributed by atoms with E-state index in [9.17, 15) is 17.6 Å².